The predicted molar refractivity (Wildman–Crippen MR) is 69.3 cm³/mol. The minimum Gasteiger partial charge on any atom is -0.480 e. The van der Waals surface area contributed by atoms with Gasteiger partial charge in [0.05, 0.1) is 0 Å². The first-order chi connectivity index (χ1) is 8.22. The Hall–Kier alpha value is -0.870. The second-order valence-electron chi connectivity index (χ2n) is 4.68. The van der Waals surface area contributed by atoms with Gasteiger partial charge < -0.3 is 5.11 Å². The van der Waals surface area contributed by atoms with Crippen molar-refractivity contribution < 1.29 is 9.90 Å². The van der Waals surface area contributed by atoms with Crippen LogP contribution in [-0.4, -0.2) is 17.1 Å². The maximum Gasteiger partial charge on any atom is 0.320 e. The number of hydrogen-bond acceptors (Lipinski definition) is 3. The fourth-order valence-electron chi connectivity index (χ4n) is 2.13. The van der Waals surface area contributed by atoms with Crippen molar-refractivity contribution in [3.8, 4) is 0 Å². The van der Waals surface area contributed by atoms with Crippen molar-refractivity contribution in [2.24, 2.45) is 5.92 Å². The van der Waals surface area contributed by atoms with Gasteiger partial charge in [0.2, 0.25) is 0 Å². The quantitative estimate of drug-likeness (QED) is 0.785. The normalized spacial score (nSPS) is 18.9. The molecule has 1 aliphatic carbocycles. The van der Waals surface area contributed by atoms with Crippen LogP contribution in [0.1, 0.15) is 43.5 Å². The van der Waals surface area contributed by atoms with E-state index in [9.17, 15) is 9.90 Å². The van der Waals surface area contributed by atoms with Crippen LogP contribution in [0.15, 0.2) is 17.5 Å². The lowest BCUT2D eigenvalue weighted by Crippen LogP contribution is -2.39. The van der Waals surface area contributed by atoms with Crippen LogP contribution in [0.25, 0.3) is 0 Å². The molecule has 0 amide bonds. The van der Waals surface area contributed by atoms with Crippen LogP contribution >= 0.6 is 11.3 Å². The Morgan fingerprint density at radius 2 is 2.41 bits per heavy atom. The summed E-state index contributed by atoms with van der Waals surface area (Å²) in [5.74, 6) is -0.0959. The molecule has 0 bridgehead atoms. The van der Waals surface area contributed by atoms with Crippen molar-refractivity contribution in [3.63, 3.8) is 0 Å². The highest BCUT2D eigenvalue weighted by Gasteiger charge is 2.35. The number of hydrogen-bond donors (Lipinski definition) is 2. The number of nitrogens with one attached hydrogen (secondary N) is 1. The molecule has 0 radical (unpaired) electrons. The Morgan fingerprint density at radius 3 is 2.88 bits per heavy atom. The molecule has 2 unspecified atom stereocenters. The average Bonchev–Trinajstić information content (AvgIpc) is 2.99. The van der Waals surface area contributed by atoms with Crippen molar-refractivity contribution in [1.82, 2.24) is 5.32 Å². The van der Waals surface area contributed by atoms with E-state index in [2.05, 4.69) is 16.8 Å². The fourth-order valence-corrected chi connectivity index (χ4v) is 3.01. The fraction of sp³-hybridized carbons (Fsp3) is 0.615. The van der Waals surface area contributed by atoms with Gasteiger partial charge in [-0.1, -0.05) is 19.4 Å². The molecule has 3 nitrogen and oxygen atoms in total. The molecule has 2 rings (SSSR count). The first-order valence-corrected chi connectivity index (χ1v) is 7.12. The van der Waals surface area contributed by atoms with Gasteiger partial charge in [0, 0.05) is 10.9 Å². The lowest BCUT2D eigenvalue weighted by molar-refractivity contribution is -0.140. The summed E-state index contributed by atoms with van der Waals surface area (Å²) in [7, 11) is 0. The van der Waals surface area contributed by atoms with Crippen LogP contribution in [0.5, 0.6) is 0 Å². The van der Waals surface area contributed by atoms with E-state index in [1.54, 1.807) is 11.3 Å². The zero-order chi connectivity index (χ0) is 12.3. The number of carboxylic acids is 1. The highest BCUT2D eigenvalue weighted by atomic mass is 32.1. The molecule has 1 saturated carbocycles. The van der Waals surface area contributed by atoms with Gasteiger partial charge in [0.1, 0.15) is 6.04 Å². The van der Waals surface area contributed by atoms with Crippen LogP contribution in [0.2, 0.25) is 0 Å². The summed E-state index contributed by atoms with van der Waals surface area (Å²) < 4.78 is 0. The minimum absolute atomic E-state index is 0.239. The zero-order valence-corrected chi connectivity index (χ0v) is 10.9. The highest BCUT2D eigenvalue weighted by Crippen LogP contribution is 2.42. The van der Waals surface area contributed by atoms with E-state index in [4.69, 9.17) is 0 Å². The van der Waals surface area contributed by atoms with Gasteiger partial charge in [-0.25, -0.2) is 0 Å². The number of rotatable bonds is 7. The largest absolute Gasteiger partial charge is 0.480 e. The summed E-state index contributed by atoms with van der Waals surface area (Å²) in [4.78, 5) is 12.5. The SMILES string of the molecule is CCCC(NC(c1cccs1)C1CC1)C(=O)O. The average molecular weight is 253 g/mol. The molecular formula is C13H19NO2S. The summed E-state index contributed by atoms with van der Waals surface area (Å²) in [5.41, 5.74) is 0. The van der Waals surface area contributed by atoms with Gasteiger partial charge in [-0.3, -0.25) is 10.1 Å². The number of carbonyl (C=O) groups is 1. The van der Waals surface area contributed by atoms with Gasteiger partial charge in [0.15, 0.2) is 0 Å². The molecule has 2 N–H and O–H groups in total. The molecule has 17 heavy (non-hydrogen) atoms. The van der Waals surface area contributed by atoms with Crippen LogP contribution in [0.4, 0.5) is 0 Å². The summed E-state index contributed by atoms with van der Waals surface area (Å²) in [6.07, 6.45) is 4.03. The number of thiophene rings is 1. The highest BCUT2D eigenvalue weighted by molar-refractivity contribution is 7.10. The molecule has 1 fully saturated rings. The minimum atomic E-state index is -0.728. The van der Waals surface area contributed by atoms with Crippen LogP contribution in [0.3, 0.4) is 0 Å². The van der Waals surface area contributed by atoms with Crippen molar-refractivity contribution in [2.45, 2.75) is 44.7 Å². The molecule has 1 heterocycles. The molecule has 0 saturated heterocycles. The molecule has 2 atom stereocenters. The molecule has 0 aromatic carbocycles. The summed E-state index contributed by atoms with van der Waals surface area (Å²) in [6.45, 7) is 2.02. The maximum atomic E-state index is 11.2. The molecule has 1 aromatic heterocycles. The summed E-state index contributed by atoms with van der Waals surface area (Å²) in [5, 5.41) is 14.6. The standard InChI is InChI=1S/C13H19NO2S/c1-2-4-10(13(15)16)14-12(9-6-7-9)11-5-3-8-17-11/h3,5,8-10,12,14H,2,4,6-7H2,1H3,(H,15,16). The molecule has 0 spiro atoms. The molecular weight excluding hydrogens is 234 g/mol. The van der Waals surface area contributed by atoms with E-state index in [0.29, 0.717) is 12.3 Å². The van der Waals surface area contributed by atoms with Crippen LogP contribution in [-0.2, 0) is 4.79 Å². The first-order valence-electron chi connectivity index (χ1n) is 6.24. The second-order valence-corrected chi connectivity index (χ2v) is 5.66. The lowest BCUT2D eigenvalue weighted by Gasteiger charge is -2.22. The third kappa shape index (κ3) is 3.30. The molecule has 94 valence electrons. The number of aliphatic carboxylic acids is 1. The molecule has 4 heteroatoms. The van der Waals surface area contributed by atoms with Crippen molar-refractivity contribution in [1.29, 1.82) is 0 Å². The second kappa shape index (κ2) is 5.65. The van der Waals surface area contributed by atoms with Gasteiger partial charge in [-0.2, -0.15) is 0 Å². The van der Waals surface area contributed by atoms with Crippen molar-refractivity contribution >= 4 is 17.3 Å². The Bertz CT molecular complexity index is 360. The summed E-state index contributed by atoms with van der Waals surface area (Å²) in [6, 6.07) is 3.97. The van der Waals surface area contributed by atoms with E-state index >= 15 is 0 Å². The van der Waals surface area contributed by atoms with Crippen molar-refractivity contribution in [2.75, 3.05) is 0 Å². The van der Waals surface area contributed by atoms with Crippen LogP contribution < -0.4 is 5.32 Å². The Balaban J connectivity index is 2.04. The third-order valence-corrected chi connectivity index (χ3v) is 4.15. The van der Waals surface area contributed by atoms with Crippen molar-refractivity contribution in [3.05, 3.63) is 22.4 Å². The van der Waals surface area contributed by atoms with E-state index in [-0.39, 0.29) is 6.04 Å². The van der Waals surface area contributed by atoms with E-state index in [1.165, 1.54) is 17.7 Å². The Kier molecular flexibility index (Phi) is 4.18. The predicted octanol–water partition coefficient (Wildman–Crippen LogP) is 3.04. The smallest absolute Gasteiger partial charge is 0.320 e. The maximum absolute atomic E-state index is 11.2. The van der Waals surface area contributed by atoms with E-state index < -0.39 is 12.0 Å². The molecule has 0 aliphatic heterocycles. The van der Waals surface area contributed by atoms with E-state index in [0.717, 1.165) is 6.42 Å². The van der Waals surface area contributed by atoms with Gasteiger partial charge in [0.25, 0.3) is 0 Å². The molecule has 1 aromatic rings. The first kappa shape index (κ1) is 12.6. The van der Waals surface area contributed by atoms with Crippen LogP contribution in [0, 0.1) is 5.92 Å². The molecule has 1 aliphatic rings. The zero-order valence-electron chi connectivity index (χ0n) is 10.1. The van der Waals surface area contributed by atoms with Gasteiger partial charge in [-0.15, -0.1) is 11.3 Å². The van der Waals surface area contributed by atoms with Gasteiger partial charge >= 0.3 is 5.97 Å². The Morgan fingerprint density at radius 1 is 1.65 bits per heavy atom. The topological polar surface area (TPSA) is 49.3 Å². The lowest BCUT2D eigenvalue weighted by atomic mass is 10.1. The summed E-state index contributed by atoms with van der Waals surface area (Å²) >= 11 is 1.72. The monoisotopic (exact) mass is 253 g/mol. The van der Waals surface area contributed by atoms with E-state index in [1.807, 2.05) is 13.0 Å². The third-order valence-electron chi connectivity index (χ3n) is 3.20. The number of carboxylic acid groups (broad SMARTS) is 1. The van der Waals surface area contributed by atoms with Gasteiger partial charge in [-0.05, 0) is 36.6 Å². The Labute approximate surface area is 106 Å².